The summed E-state index contributed by atoms with van der Waals surface area (Å²) in [7, 11) is -2.49. The summed E-state index contributed by atoms with van der Waals surface area (Å²) in [6.45, 7) is 3.21. The van der Waals surface area contributed by atoms with Crippen LogP contribution in [0.15, 0.2) is 58.7 Å². The van der Waals surface area contributed by atoms with Crippen LogP contribution in [0.3, 0.4) is 0 Å². The van der Waals surface area contributed by atoms with Crippen molar-refractivity contribution in [3.63, 3.8) is 0 Å². The number of likely N-dealkylation sites (tertiary alicyclic amines) is 1. The highest BCUT2D eigenvalue weighted by atomic mass is 35.5. The van der Waals surface area contributed by atoms with Gasteiger partial charge >= 0.3 is 5.97 Å². The molecule has 4 aliphatic rings. The zero-order valence-corrected chi connectivity index (χ0v) is 26.0. The smallest absolute Gasteiger partial charge is 0.305 e. The highest BCUT2D eigenvalue weighted by Crippen LogP contribution is 2.55. The predicted octanol–water partition coefficient (Wildman–Crippen LogP) is 4.77. The van der Waals surface area contributed by atoms with Crippen molar-refractivity contribution in [2.24, 2.45) is 10.9 Å². The summed E-state index contributed by atoms with van der Waals surface area (Å²) in [5.74, 6) is -0.765. The number of hydrogen-bond acceptors (Lipinski definition) is 9. The highest BCUT2D eigenvalue weighted by Gasteiger charge is 2.62. The largest absolute Gasteiger partial charge is 0.469 e. The van der Waals surface area contributed by atoms with Gasteiger partial charge in [-0.3, -0.25) is 19.5 Å². The maximum Gasteiger partial charge on any atom is 0.305 e. The molecule has 43 heavy (non-hydrogen) atoms. The number of piperidine rings is 1. The Bertz CT molecular complexity index is 1570. The third kappa shape index (κ3) is 6.12. The van der Waals surface area contributed by atoms with Gasteiger partial charge in [-0.15, -0.1) is 0 Å². The highest BCUT2D eigenvalue weighted by molar-refractivity contribution is 7.92. The van der Waals surface area contributed by atoms with Crippen molar-refractivity contribution in [2.45, 2.75) is 72.7 Å². The van der Waals surface area contributed by atoms with Gasteiger partial charge in [0.25, 0.3) is 0 Å². The number of Topliss-reactive ketones (excluding diaryl/α,β-unsaturated/α-hetero) is 1. The summed E-state index contributed by atoms with van der Waals surface area (Å²) >= 11 is 6.13. The molecule has 1 saturated carbocycles. The zero-order chi connectivity index (χ0) is 30.2. The Morgan fingerprint density at radius 2 is 1.91 bits per heavy atom. The molecule has 230 valence electrons. The summed E-state index contributed by atoms with van der Waals surface area (Å²) in [4.78, 5) is 34.7. The van der Waals surface area contributed by atoms with Gasteiger partial charge < -0.3 is 14.4 Å². The van der Waals surface area contributed by atoms with Crippen LogP contribution in [0.4, 0.5) is 0 Å². The van der Waals surface area contributed by atoms with E-state index in [1.54, 1.807) is 42.6 Å². The maximum atomic E-state index is 14.1. The number of hydrogen-bond donors (Lipinski definition) is 0. The predicted molar refractivity (Wildman–Crippen MR) is 165 cm³/mol. The minimum atomic E-state index is -3.84. The van der Waals surface area contributed by atoms with Gasteiger partial charge in [-0.2, -0.15) is 0 Å². The van der Waals surface area contributed by atoms with E-state index in [0.29, 0.717) is 24.3 Å². The van der Waals surface area contributed by atoms with Gasteiger partial charge in [-0.25, -0.2) is 8.42 Å². The molecule has 3 unspecified atom stereocenters. The van der Waals surface area contributed by atoms with Crippen molar-refractivity contribution in [1.82, 2.24) is 9.80 Å². The first-order chi connectivity index (χ1) is 20.6. The Labute approximate surface area is 257 Å². The number of fused-ring (bicyclic) bond motifs is 2. The molecule has 11 heteroatoms. The number of aliphatic imine (C=N–C) groups is 1. The Balaban J connectivity index is 1.24. The van der Waals surface area contributed by atoms with Crippen LogP contribution in [0, 0.1) is 5.92 Å². The van der Waals surface area contributed by atoms with Crippen molar-refractivity contribution in [3.05, 3.63) is 53.8 Å². The van der Waals surface area contributed by atoms with Gasteiger partial charge in [0, 0.05) is 55.5 Å². The average Bonchev–Trinajstić information content (AvgIpc) is 3.33. The van der Waals surface area contributed by atoms with Gasteiger partial charge in [-0.05, 0) is 73.6 Å². The summed E-state index contributed by atoms with van der Waals surface area (Å²) in [6, 6.07) is 10.4. The molecule has 3 atom stereocenters. The molecular weight excluding hydrogens is 590 g/mol. The molecule has 2 saturated heterocycles. The molecule has 0 bridgehead atoms. The van der Waals surface area contributed by atoms with Crippen LogP contribution in [0.1, 0.15) is 51.4 Å². The SMILES string of the molecule is COC(=O)CCCC12CC(S(=O)(=O)c3ccc4cc(Cl)ccc4c3)CC(=O)C1CC1(CCN(CN3C=CN=CC3)CC1)O2. The summed E-state index contributed by atoms with van der Waals surface area (Å²) < 4.78 is 40.0. The summed E-state index contributed by atoms with van der Waals surface area (Å²) in [6.07, 6.45) is 9.10. The Kier molecular flexibility index (Phi) is 8.41. The number of carbonyl (C=O) groups is 2. The quantitative estimate of drug-likeness (QED) is 0.386. The topological polar surface area (TPSA) is 106 Å². The first kappa shape index (κ1) is 30.2. The van der Waals surface area contributed by atoms with Crippen LogP contribution in [0.2, 0.25) is 5.02 Å². The standard InChI is InChI=1S/C32H38ClN3O6S/c1-41-30(38)3-2-8-32-20-27(43(39,40)26-7-5-23-17-25(33)6-4-24(23)18-26)19-29(37)28(32)21-31(42-32)9-13-35(14-10-31)22-36-15-11-34-12-16-36/h4-7,11-12,15,17-18,27-28H,2-3,8-10,13-14,16,19-22H2,1H3. The third-order valence-corrected chi connectivity index (χ3v) is 12.1. The second kappa shape index (κ2) is 12.0. The van der Waals surface area contributed by atoms with Crippen molar-refractivity contribution >= 4 is 50.2 Å². The lowest BCUT2D eigenvalue weighted by molar-refractivity contribution is -0.157. The Hall–Kier alpha value is -2.79. The molecule has 6 rings (SSSR count). The molecule has 2 aromatic rings. The first-order valence-corrected chi connectivity index (χ1v) is 16.9. The van der Waals surface area contributed by atoms with E-state index in [1.807, 2.05) is 12.4 Å². The average molecular weight is 628 g/mol. The number of ether oxygens (including phenoxy) is 2. The summed E-state index contributed by atoms with van der Waals surface area (Å²) in [5, 5.41) is 1.30. The molecule has 1 aliphatic carbocycles. The Morgan fingerprint density at radius 3 is 2.65 bits per heavy atom. The summed E-state index contributed by atoms with van der Waals surface area (Å²) in [5.41, 5.74) is -1.41. The lowest BCUT2D eigenvalue weighted by Crippen LogP contribution is -2.51. The van der Waals surface area contributed by atoms with Crippen molar-refractivity contribution < 1.29 is 27.5 Å². The van der Waals surface area contributed by atoms with Crippen LogP contribution in [0.25, 0.3) is 10.8 Å². The van der Waals surface area contributed by atoms with Gasteiger partial charge in [0.15, 0.2) is 9.84 Å². The monoisotopic (exact) mass is 627 g/mol. The number of rotatable bonds is 8. The van der Waals surface area contributed by atoms with Gasteiger partial charge in [-0.1, -0.05) is 23.7 Å². The van der Waals surface area contributed by atoms with E-state index in [2.05, 4.69) is 14.8 Å². The maximum absolute atomic E-state index is 14.1. The number of ketones is 1. The van der Waals surface area contributed by atoms with Gasteiger partial charge in [0.05, 0.1) is 41.7 Å². The number of nitrogens with zero attached hydrogens (tertiary/aromatic N) is 3. The van der Waals surface area contributed by atoms with Crippen LogP contribution in [0.5, 0.6) is 0 Å². The number of halogens is 1. The van der Waals surface area contributed by atoms with Crippen molar-refractivity contribution in [1.29, 1.82) is 0 Å². The van der Waals surface area contributed by atoms with Crippen LogP contribution < -0.4 is 0 Å². The molecule has 3 heterocycles. The molecule has 3 fully saturated rings. The molecule has 2 aromatic carbocycles. The fraction of sp³-hybridized carbons (Fsp3) is 0.531. The molecule has 0 radical (unpaired) electrons. The van der Waals surface area contributed by atoms with Crippen LogP contribution >= 0.6 is 11.6 Å². The second-order valence-electron chi connectivity index (χ2n) is 12.4. The van der Waals surface area contributed by atoms with E-state index in [1.165, 1.54) is 7.11 Å². The molecular formula is C32H38ClN3O6S. The van der Waals surface area contributed by atoms with E-state index in [9.17, 15) is 18.0 Å². The fourth-order valence-corrected chi connectivity index (χ4v) is 9.44. The van der Waals surface area contributed by atoms with Gasteiger partial charge in [0.2, 0.25) is 0 Å². The van der Waals surface area contributed by atoms with Gasteiger partial charge in [0.1, 0.15) is 5.78 Å². The molecule has 3 aliphatic heterocycles. The van der Waals surface area contributed by atoms with E-state index in [0.717, 1.165) is 49.9 Å². The number of esters is 1. The number of carbonyl (C=O) groups excluding carboxylic acids is 2. The second-order valence-corrected chi connectivity index (χ2v) is 15.1. The molecule has 1 spiro atoms. The lowest BCUT2D eigenvalue weighted by atomic mass is 9.70. The Morgan fingerprint density at radius 1 is 1.14 bits per heavy atom. The molecule has 0 aromatic heterocycles. The zero-order valence-electron chi connectivity index (χ0n) is 24.4. The van der Waals surface area contributed by atoms with E-state index in [-0.39, 0.29) is 41.8 Å². The number of benzene rings is 2. The van der Waals surface area contributed by atoms with Crippen molar-refractivity contribution in [2.75, 3.05) is 33.4 Å². The molecule has 0 amide bonds. The first-order valence-electron chi connectivity index (χ1n) is 15.0. The van der Waals surface area contributed by atoms with Crippen LogP contribution in [-0.2, 0) is 28.9 Å². The number of sulfone groups is 1. The molecule has 9 nitrogen and oxygen atoms in total. The van der Waals surface area contributed by atoms with E-state index in [4.69, 9.17) is 21.1 Å². The minimum Gasteiger partial charge on any atom is -0.469 e. The van der Waals surface area contributed by atoms with E-state index < -0.39 is 26.3 Å². The minimum absolute atomic E-state index is 0.0289. The van der Waals surface area contributed by atoms with E-state index >= 15 is 0 Å². The fourth-order valence-electron chi connectivity index (χ4n) is 7.44. The normalized spacial score (nSPS) is 27.1. The number of methoxy groups -OCH3 is 1. The molecule has 0 N–H and O–H groups in total. The van der Waals surface area contributed by atoms with Crippen LogP contribution in [-0.4, -0.2) is 86.0 Å². The van der Waals surface area contributed by atoms with Crippen molar-refractivity contribution in [3.8, 4) is 0 Å². The third-order valence-electron chi connectivity index (χ3n) is 9.71. The lowest BCUT2D eigenvalue weighted by Gasteiger charge is -2.44.